The first-order valence-electron chi connectivity index (χ1n) is 6.04. The Morgan fingerprint density at radius 1 is 1.12 bits per heavy atom. The van der Waals surface area contributed by atoms with Crippen molar-refractivity contribution in [3.05, 3.63) is 29.3 Å². The third-order valence-corrected chi connectivity index (χ3v) is 3.14. The largest absolute Gasteiger partial charge is 0.364 e. The van der Waals surface area contributed by atoms with Crippen molar-refractivity contribution in [1.29, 1.82) is 0 Å². The first-order chi connectivity index (χ1) is 8.09. The van der Waals surface area contributed by atoms with Crippen molar-refractivity contribution < 1.29 is 8.78 Å². The highest BCUT2D eigenvalue weighted by Gasteiger charge is 2.20. The maximum atomic E-state index is 14.0. The lowest BCUT2D eigenvalue weighted by Crippen LogP contribution is -2.44. The zero-order valence-corrected chi connectivity index (χ0v) is 10.3. The van der Waals surface area contributed by atoms with Gasteiger partial charge in [0.1, 0.15) is 17.3 Å². The summed E-state index contributed by atoms with van der Waals surface area (Å²) in [5.41, 5.74) is 0.829. The van der Waals surface area contributed by atoms with Crippen LogP contribution in [-0.4, -0.2) is 26.2 Å². The monoisotopic (exact) mass is 240 g/mol. The Hall–Kier alpha value is -1.16. The fourth-order valence-corrected chi connectivity index (χ4v) is 2.11. The van der Waals surface area contributed by atoms with Gasteiger partial charge < -0.3 is 10.2 Å². The van der Waals surface area contributed by atoms with Gasteiger partial charge in [0.2, 0.25) is 0 Å². The molecule has 0 saturated carbocycles. The van der Waals surface area contributed by atoms with Crippen molar-refractivity contribution in [1.82, 2.24) is 5.32 Å². The van der Waals surface area contributed by atoms with E-state index in [1.165, 1.54) is 12.1 Å². The smallest absolute Gasteiger partial charge is 0.149 e. The van der Waals surface area contributed by atoms with Crippen LogP contribution < -0.4 is 10.2 Å². The average Bonchev–Trinajstić information content (AvgIpc) is 2.29. The predicted octanol–water partition coefficient (Wildman–Crippen LogP) is 2.50. The molecule has 0 radical (unpaired) electrons. The summed E-state index contributed by atoms with van der Waals surface area (Å²) in [5.74, 6) is -0.762. The molecule has 0 unspecified atom stereocenters. The summed E-state index contributed by atoms with van der Waals surface area (Å²) in [6.45, 7) is 6.69. The molecule has 0 amide bonds. The number of nitrogens with zero attached hydrogens (tertiary/aromatic N) is 1. The van der Waals surface area contributed by atoms with Crippen LogP contribution >= 0.6 is 0 Å². The topological polar surface area (TPSA) is 15.3 Å². The van der Waals surface area contributed by atoms with E-state index in [1.54, 1.807) is 4.90 Å². The summed E-state index contributed by atoms with van der Waals surface area (Å²) in [6, 6.07) is 2.90. The van der Waals surface area contributed by atoms with Crippen molar-refractivity contribution in [3.8, 4) is 0 Å². The van der Waals surface area contributed by atoms with E-state index in [0.29, 0.717) is 18.7 Å². The fourth-order valence-electron chi connectivity index (χ4n) is 2.11. The summed E-state index contributed by atoms with van der Waals surface area (Å²) in [7, 11) is 0. The number of hydrogen-bond donors (Lipinski definition) is 1. The minimum Gasteiger partial charge on any atom is -0.364 e. The molecule has 2 rings (SSSR count). The first-order valence-corrected chi connectivity index (χ1v) is 6.04. The van der Waals surface area contributed by atoms with Crippen LogP contribution in [-0.2, 0) is 0 Å². The van der Waals surface area contributed by atoms with Gasteiger partial charge in [0.25, 0.3) is 0 Å². The van der Waals surface area contributed by atoms with Crippen molar-refractivity contribution in [2.24, 2.45) is 0 Å². The highest BCUT2D eigenvalue weighted by Crippen LogP contribution is 2.28. The predicted molar refractivity (Wildman–Crippen MR) is 65.5 cm³/mol. The Morgan fingerprint density at radius 2 is 1.65 bits per heavy atom. The average molecular weight is 240 g/mol. The van der Waals surface area contributed by atoms with E-state index < -0.39 is 11.6 Å². The van der Waals surface area contributed by atoms with E-state index in [-0.39, 0.29) is 11.6 Å². The maximum absolute atomic E-state index is 14.0. The third-order valence-electron chi connectivity index (χ3n) is 3.14. The van der Waals surface area contributed by atoms with E-state index in [2.05, 4.69) is 5.32 Å². The zero-order chi connectivity index (χ0) is 12.4. The lowest BCUT2D eigenvalue weighted by Gasteiger charge is -2.30. The van der Waals surface area contributed by atoms with Crippen LogP contribution in [0.5, 0.6) is 0 Å². The van der Waals surface area contributed by atoms with Gasteiger partial charge in [-0.1, -0.05) is 13.8 Å². The van der Waals surface area contributed by atoms with E-state index in [4.69, 9.17) is 0 Å². The normalized spacial score (nSPS) is 16.6. The highest BCUT2D eigenvalue weighted by atomic mass is 19.1. The molecule has 17 heavy (non-hydrogen) atoms. The Morgan fingerprint density at radius 3 is 2.12 bits per heavy atom. The van der Waals surface area contributed by atoms with Crippen molar-refractivity contribution in [2.45, 2.75) is 19.8 Å². The lowest BCUT2D eigenvalue weighted by atomic mass is 10.0. The van der Waals surface area contributed by atoms with Crippen LogP contribution in [0.1, 0.15) is 25.3 Å². The number of piperazine rings is 1. The number of hydrogen-bond acceptors (Lipinski definition) is 2. The number of benzene rings is 1. The summed E-state index contributed by atoms with van der Waals surface area (Å²) >= 11 is 0. The number of halogens is 2. The molecule has 1 fully saturated rings. The fraction of sp³-hybridized carbons (Fsp3) is 0.538. The zero-order valence-electron chi connectivity index (χ0n) is 10.3. The second-order valence-corrected chi connectivity index (χ2v) is 4.72. The van der Waals surface area contributed by atoms with Gasteiger partial charge in [-0.15, -0.1) is 0 Å². The quantitative estimate of drug-likeness (QED) is 0.854. The summed E-state index contributed by atoms with van der Waals surface area (Å²) in [4.78, 5) is 1.77. The second kappa shape index (κ2) is 5.00. The molecule has 1 heterocycles. The van der Waals surface area contributed by atoms with Gasteiger partial charge in [-0.3, -0.25) is 0 Å². The van der Waals surface area contributed by atoms with Crippen LogP contribution in [0.25, 0.3) is 0 Å². The number of anilines is 1. The van der Waals surface area contributed by atoms with Crippen LogP contribution in [0.3, 0.4) is 0 Å². The molecular formula is C13H18F2N2. The maximum Gasteiger partial charge on any atom is 0.149 e. The van der Waals surface area contributed by atoms with Gasteiger partial charge >= 0.3 is 0 Å². The summed E-state index contributed by atoms with van der Waals surface area (Å²) < 4.78 is 27.9. The van der Waals surface area contributed by atoms with E-state index in [1.807, 2.05) is 13.8 Å². The Bertz CT molecular complexity index is 375. The van der Waals surface area contributed by atoms with Gasteiger partial charge in [-0.05, 0) is 23.6 Å². The molecule has 0 aliphatic carbocycles. The highest BCUT2D eigenvalue weighted by molar-refractivity contribution is 5.51. The van der Waals surface area contributed by atoms with Gasteiger partial charge in [-0.2, -0.15) is 0 Å². The molecule has 1 aromatic carbocycles. The molecule has 0 aromatic heterocycles. The van der Waals surface area contributed by atoms with E-state index in [9.17, 15) is 8.78 Å². The van der Waals surface area contributed by atoms with Gasteiger partial charge in [-0.25, -0.2) is 8.78 Å². The van der Waals surface area contributed by atoms with E-state index >= 15 is 0 Å². The lowest BCUT2D eigenvalue weighted by molar-refractivity contribution is 0.535. The Labute approximate surface area is 101 Å². The molecule has 1 aromatic rings. The molecule has 1 saturated heterocycles. The van der Waals surface area contributed by atoms with Gasteiger partial charge in [0, 0.05) is 26.2 Å². The van der Waals surface area contributed by atoms with Crippen LogP contribution in [0, 0.1) is 11.6 Å². The molecule has 0 atom stereocenters. The van der Waals surface area contributed by atoms with Crippen molar-refractivity contribution in [3.63, 3.8) is 0 Å². The first kappa shape index (κ1) is 12.3. The minimum atomic E-state index is -0.449. The molecule has 94 valence electrons. The van der Waals surface area contributed by atoms with E-state index in [0.717, 1.165) is 13.1 Å². The van der Waals surface area contributed by atoms with Crippen LogP contribution in [0.2, 0.25) is 0 Å². The number of nitrogens with one attached hydrogen (secondary N) is 1. The van der Waals surface area contributed by atoms with Crippen molar-refractivity contribution in [2.75, 3.05) is 31.1 Å². The van der Waals surface area contributed by atoms with Gasteiger partial charge in [0.05, 0.1) is 0 Å². The Kier molecular flexibility index (Phi) is 3.62. The molecule has 1 aliphatic heterocycles. The minimum absolute atomic E-state index is 0.121. The standard InChI is InChI=1S/C13H18F2N2/c1-9(2)10-7-11(14)13(12(15)8-10)17-5-3-16-4-6-17/h7-9,16H,3-6H2,1-2H3. The molecule has 2 nitrogen and oxygen atoms in total. The van der Waals surface area contributed by atoms with Gasteiger partial charge in [0.15, 0.2) is 0 Å². The molecular weight excluding hydrogens is 222 g/mol. The SMILES string of the molecule is CC(C)c1cc(F)c(N2CCNCC2)c(F)c1. The molecule has 1 N–H and O–H groups in total. The number of rotatable bonds is 2. The summed E-state index contributed by atoms with van der Waals surface area (Å²) in [6.07, 6.45) is 0. The third kappa shape index (κ3) is 2.57. The molecule has 4 heteroatoms. The van der Waals surface area contributed by atoms with Crippen molar-refractivity contribution >= 4 is 5.69 Å². The summed E-state index contributed by atoms with van der Waals surface area (Å²) in [5, 5.41) is 3.17. The van der Waals surface area contributed by atoms with Crippen LogP contribution in [0.4, 0.5) is 14.5 Å². The Balaban J connectivity index is 2.33. The molecule has 1 aliphatic rings. The second-order valence-electron chi connectivity index (χ2n) is 4.72. The van der Waals surface area contributed by atoms with Crippen LogP contribution in [0.15, 0.2) is 12.1 Å². The molecule has 0 spiro atoms. The molecule has 0 bridgehead atoms.